The molecule has 4 heteroatoms. The van der Waals surface area contributed by atoms with Gasteiger partial charge in [0, 0.05) is 0 Å². The molecule has 1 rings (SSSR count). The predicted molar refractivity (Wildman–Crippen MR) is 43.7 cm³/mol. The maximum Gasteiger partial charge on any atom is 0.269 e. The van der Waals surface area contributed by atoms with E-state index < -0.39 is 5.82 Å². The minimum absolute atomic E-state index is 0.0462. The number of hydrogen-bond donors (Lipinski definition) is 0. The molecule has 0 saturated heterocycles. The summed E-state index contributed by atoms with van der Waals surface area (Å²) < 4.78 is 19.2. The fourth-order valence-corrected chi connectivity index (χ4v) is 0.819. The molecule has 1 aromatic rings. The highest BCUT2D eigenvalue weighted by Gasteiger charge is 2.18. The van der Waals surface area contributed by atoms with Crippen molar-refractivity contribution >= 4 is 0 Å². The van der Waals surface area contributed by atoms with E-state index in [1.54, 1.807) is 4.68 Å². The monoisotopic (exact) mass is 172 g/mol. The predicted octanol–water partition coefficient (Wildman–Crippen LogP) is 1.79. The van der Waals surface area contributed by atoms with Crippen LogP contribution in [0.15, 0.2) is 6.20 Å². The summed E-state index contributed by atoms with van der Waals surface area (Å²) in [7, 11) is 1.40. The molecule has 0 amide bonds. The van der Waals surface area contributed by atoms with Gasteiger partial charge in [0.2, 0.25) is 5.82 Å². The first-order valence-corrected chi connectivity index (χ1v) is 3.75. The van der Waals surface area contributed by atoms with Gasteiger partial charge in [-0.2, -0.15) is 4.39 Å². The van der Waals surface area contributed by atoms with E-state index in [9.17, 15) is 4.39 Å². The number of hydrogen-bond acceptors (Lipinski definition) is 2. The lowest BCUT2D eigenvalue weighted by Crippen LogP contribution is -2.22. The van der Waals surface area contributed by atoms with Crippen molar-refractivity contribution in [1.29, 1.82) is 0 Å². The number of nitrogens with zero attached hydrogens (tertiary/aromatic N) is 2. The molecular formula is C8H13FN2O. The van der Waals surface area contributed by atoms with E-state index in [-0.39, 0.29) is 11.4 Å². The van der Waals surface area contributed by atoms with Gasteiger partial charge >= 0.3 is 0 Å². The van der Waals surface area contributed by atoms with Gasteiger partial charge in [0.1, 0.15) is 0 Å². The Morgan fingerprint density at radius 1 is 1.50 bits per heavy atom. The Kier molecular flexibility index (Phi) is 2.08. The zero-order valence-electron chi connectivity index (χ0n) is 7.76. The van der Waals surface area contributed by atoms with E-state index in [1.807, 2.05) is 20.8 Å². The summed E-state index contributed by atoms with van der Waals surface area (Å²) in [5.74, 6) is -0.377. The lowest BCUT2D eigenvalue weighted by atomic mass is 10.1. The van der Waals surface area contributed by atoms with Crippen molar-refractivity contribution in [3.05, 3.63) is 12.0 Å². The highest BCUT2D eigenvalue weighted by atomic mass is 19.1. The van der Waals surface area contributed by atoms with E-state index >= 15 is 0 Å². The van der Waals surface area contributed by atoms with Crippen LogP contribution in [0.5, 0.6) is 5.88 Å². The summed E-state index contributed by atoms with van der Waals surface area (Å²) in [6.45, 7) is 5.83. The zero-order valence-corrected chi connectivity index (χ0v) is 7.76. The smallest absolute Gasteiger partial charge is 0.269 e. The molecule has 0 spiro atoms. The summed E-state index contributed by atoms with van der Waals surface area (Å²) in [6, 6.07) is 0. The number of rotatable bonds is 1. The SMILES string of the molecule is COc1nn(C(C)(C)C)cc1F. The van der Waals surface area contributed by atoms with Gasteiger partial charge in [0.15, 0.2) is 0 Å². The normalized spacial score (nSPS) is 11.8. The van der Waals surface area contributed by atoms with Gasteiger partial charge in [-0.25, -0.2) is 0 Å². The molecule has 68 valence electrons. The maximum atomic E-state index is 12.9. The summed E-state index contributed by atoms with van der Waals surface area (Å²) in [4.78, 5) is 0. The second-order valence-electron chi connectivity index (χ2n) is 3.60. The van der Waals surface area contributed by atoms with Crippen molar-refractivity contribution in [2.24, 2.45) is 0 Å². The number of halogens is 1. The van der Waals surface area contributed by atoms with Gasteiger partial charge in [0.25, 0.3) is 5.88 Å². The van der Waals surface area contributed by atoms with Crippen molar-refractivity contribution in [2.45, 2.75) is 26.3 Å². The summed E-state index contributed by atoms with van der Waals surface area (Å²) >= 11 is 0. The molecule has 12 heavy (non-hydrogen) atoms. The summed E-state index contributed by atoms with van der Waals surface area (Å²) in [5.41, 5.74) is -0.211. The van der Waals surface area contributed by atoms with Gasteiger partial charge in [-0.05, 0) is 20.8 Å². The number of methoxy groups -OCH3 is 1. The lowest BCUT2D eigenvalue weighted by molar-refractivity contribution is 0.328. The molecular weight excluding hydrogens is 159 g/mol. The van der Waals surface area contributed by atoms with E-state index in [4.69, 9.17) is 4.74 Å². The van der Waals surface area contributed by atoms with E-state index in [0.29, 0.717) is 0 Å². The van der Waals surface area contributed by atoms with Crippen molar-refractivity contribution in [3.63, 3.8) is 0 Å². The molecule has 0 fully saturated rings. The van der Waals surface area contributed by atoms with E-state index in [0.717, 1.165) is 0 Å². The molecule has 0 saturated carbocycles. The second kappa shape index (κ2) is 2.77. The van der Waals surface area contributed by atoms with Gasteiger partial charge in [-0.15, -0.1) is 5.10 Å². The highest BCUT2D eigenvalue weighted by molar-refractivity contribution is 5.10. The number of aromatic nitrogens is 2. The molecule has 0 aromatic carbocycles. The Morgan fingerprint density at radius 3 is 2.33 bits per heavy atom. The Hall–Kier alpha value is -1.06. The van der Waals surface area contributed by atoms with Crippen molar-refractivity contribution < 1.29 is 9.13 Å². The third-order valence-electron chi connectivity index (χ3n) is 1.52. The molecule has 0 radical (unpaired) electrons. The van der Waals surface area contributed by atoms with Gasteiger partial charge in [0.05, 0.1) is 18.8 Å². The molecule has 3 nitrogen and oxygen atoms in total. The average Bonchev–Trinajstić information content (AvgIpc) is 2.29. The molecule has 0 aliphatic carbocycles. The first kappa shape index (κ1) is 9.03. The van der Waals surface area contributed by atoms with Crippen LogP contribution in [0.3, 0.4) is 0 Å². The minimum Gasteiger partial charge on any atom is -0.478 e. The van der Waals surface area contributed by atoms with Crippen LogP contribution in [0.2, 0.25) is 0 Å². The fraction of sp³-hybridized carbons (Fsp3) is 0.625. The first-order chi connectivity index (χ1) is 5.45. The van der Waals surface area contributed by atoms with Crippen molar-refractivity contribution in [3.8, 4) is 5.88 Å². The molecule has 0 unspecified atom stereocenters. The lowest BCUT2D eigenvalue weighted by Gasteiger charge is -2.18. The standard InChI is InChI=1S/C8H13FN2O/c1-8(2,3)11-5-6(9)7(10-11)12-4/h5H,1-4H3. The summed E-state index contributed by atoms with van der Waals surface area (Å²) in [5, 5.41) is 3.92. The largest absolute Gasteiger partial charge is 0.478 e. The van der Waals surface area contributed by atoms with Crippen LogP contribution in [-0.2, 0) is 5.54 Å². The Balaban J connectivity index is 3.05. The Bertz CT molecular complexity index is 275. The third-order valence-corrected chi connectivity index (χ3v) is 1.52. The molecule has 0 aliphatic heterocycles. The van der Waals surface area contributed by atoms with E-state index in [1.165, 1.54) is 13.3 Å². The maximum absolute atomic E-state index is 12.9. The van der Waals surface area contributed by atoms with Crippen molar-refractivity contribution in [1.82, 2.24) is 9.78 Å². The average molecular weight is 172 g/mol. The van der Waals surface area contributed by atoms with Crippen LogP contribution >= 0.6 is 0 Å². The van der Waals surface area contributed by atoms with Crippen LogP contribution in [-0.4, -0.2) is 16.9 Å². The molecule has 1 aromatic heterocycles. The topological polar surface area (TPSA) is 27.1 Å². The molecule has 0 N–H and O–H groups in total. The number of ether oxygens (including phenoxy) is 1. The van der Waals surface area contributed by atoms with Crippen LogP contribution in [0, 0.1) is 5.82 Å². The summed E-state index contributed by atoms with van der Waals surface area (Å²) in [6.07, 6.45) is 1.33. The van der Waals surface area contributed by atoms with Crippen LogP contribution in [0.4, 0.5) is 4.39 Å². The van der Waals surface area contributed by atoms with E-state index in [2.05, 4.69) is 5.10 Å². The van der Waals surface area contributed by atoms with Crippen LogP contribution < -0.4 is 4.74 Å². The van der Waals surface area contributed by atoms with Gasteiger partial charge in [-0.3, -0.25) is 4.68 Å². The van der Waals surface area contributed by atoms with Crippen molar-refractivity contribution in [2.75, 3.05) is 7.11 Å². The van der Waals surface area contributed by atoms with Gasteiger partial charge in [-0.1, -0.05) is 0 Å². The zero-order chi connectivity index (χ0) is 9.35. The Morgan fingerprint density at radius 2 is 2.08 bits per heavy atom. The van der Waals surface area contributed by atoms with Crippen LogP contribution in [0.25, 0.3) is 0 Å². The molecule has 0 bridgehead atoms. The van der Waals surface area contributed by atoms with Gasteiger partial charge < -0.3 is 4.74 Å². The Labute approximate surface area is 71.1 Å². The fourth-order valence-electron chi connectivity index (χ4n) is 0.819. The minimum atomic E-state index is -0.424. The molecule has 0 aliphatic rings. The molecule has 1 heterocycles. The molecule has 0 atom stereocenters. The second-order valence-corrected chi connectivity index (χ2v) is 3.60. The third kappa shape index (κ3) is 1.57. The highest BCUT2D eigenvalue weighted by Crippen LogP contribution is 2.19. The first-order valence-electron chi connectivity index (χ1n) is 3.75. The van der Waals surface area contributed by atoms with Crippen LogP contribution in [0.1, 0.15) is 20.8 Å². The quantitative estimate of drug-likeness (QED) is 0.645.